The quantitative estimate of drug-likeness (QED) is 0.791. The van der Waals surface area contributed by atoms with Crippen LogP contribution in [0.15, 0.2) is 28.8 Å². The molecule has 1 aromatic heterocycles. The molecule has 1 aliphatic rings. The first-order valence-electron chi connectivity index (χ1n) is 7.45. The van der Waals surface area contributed by atoms with Crippen molar-refractivity contribution in [1.29, 1.82) is 0 Å². The van der Waals surface area contributed by atoms with E-state index in [2.05, 4.69) is 10.1 Å². The van der Waals surface area contributed by atoms with Crippen LogP contribution < -0.4 is 0 Å². The third-order valence-corrected chi connectivity index (χ3v) is 3.85. The third kappa shape index (κ3) is 3.69. The Kier molecular flexibility index (Phi) is 4.46. The van der Waals surface area contributed by atoms with Gasteiger partial charge in [-0.2, -0.15) is 4.98 Å². The smallest absolute Gasteiger partial charge is 0.306 e. The molecular weight excluding hydrogens is 287 g/mol. The zero-order chi connectivity index (χ0) is 15.4. The van der Waals surface area contributed by atoms with E-state index in [1.165, 1.54) is 25.0 Å². The van der Waals surface area contributed by atoms with E-state index in [9.17, 15) is 9.18 Å². The van der Waals surface area contributed by atoms with Crippen molar-refractivity contribution in [2.24, 2.45) is 5.92 Å². The van der Waals surface area contributed by atoms with E-state index in [0.717, 1.165) is 12.8 Å². The van der Waals surface area contributed by atoms with Gasteiger partial charge in [-0.1, -0.05) is 18.0 Å². The number of hydrogen-bond donors (Lipinski definition) is 0. The number of carbonyl (C=O) groups is 1. The average molecular weight is 304 g/mol. The summed E-state index contributed by atoms with van der Waals surface area (Å²) in [5, 5.41) is 3.76. The maximum atomic E-state index is 12.9. The molecule has 0 spiro atoms. The zero-order valence-corrected chi connectivity index (χ0v) is 12.1. The second kappa shape index (κ2) is 6.68. The number of ether oxygens (including phenoxy) is 1. The van der Waals surface area contributed by atoms with Crippen LogP contribution in [-0.2, 0) is 16.1 Å². The maximum Gasteiger partial charge on any atom is 0.306 e. The Balaban J connectivity index is 1.53. The molecule has 0 aliphatic heterocycles. The van der Waals surface area contributed by atoms with E-state index >= 15 is 0 Å². The number of esters is 1. The third-order valence-electron chi connectivity index (χ3n) is 3.85. The molecule has 0 saturated heterocycles. The number of hydrogen-bond acceptors (Lipinski definition) is 5. The molecule has 1 aromatic carbocycles. The van der Waals surface area contributed by atoms with Crippen LogP contribution in [0.25, 0.3) is 11.5 Å². The van der Waals surface area contributed by atoms with Crippen molar-refractivity contribution in [1.82, 2.24) is 10.1 Å². The van der Waals surface area contributed by atoms with Gasteiger partial charge in [0, 0.05) is 12.0 Å². The minimum Gasteiger partial charge on any atom is -0.457 e. The van der Waals surface area contributed by atoms with Crippen LogP contribution in [0.3, 0.4) is 0 Å². The minimum absolute atomic E-state index is 0.00372. The Hall–Kier alpha value is -2.24. The molecule has 0 N–H and O–H groups in total. The second-order valence-electron chi connectivity index (χ2n) is 5.54. The summed E-state index contributed by atoms with van der Waals surface area (Å²) < 4.78 is 23.1. The highest BCUT2D eigenvalue weighted by Gasteiger charge is 2.19. The predicted molar refractivity (Wildman–Crippen MR) is 76.1 cm³/mol. The molecule has 0 radical (unpaired) electrons. The summed E-state index contributed by atoms with van der Waals surface area (Å²) in [6.07, 6.45) is 5.06. The first kappa shape index (κ1) is 14.7. The van der Waals surface area contributed by atoms with E-state index in [0.29, 0.717) is 23.7 Å². The van der Waals surface area contributed by atoms with Crippen LogP contribution in [0.4, 0.5) is 4.39 Å². The first-order valence-corrected chi connectivity index (χ1v) is 7.45. The van der Waals surface area contributed by atoms with Crippen LogP contribution in [0.1, 0.15) is 37.9 Å². The Morgan fingerprint density at radius 2 is 2.00 bits per heavy atom. The lowest BCUT2D eigenvalue weighted by Crippen LogP contribution is -2.10. The molecule has 1 heterocycles. The maximum absolute atomic E-state index is 12.9. The Labute approximate surface area is 127 Å². The van der Waals surface area contributed by atoms with Gasteiger partial charge in [0.05, 0.1) is 0 Å². The predicted octanol–water partition coefficient (Wildman–Crippen LogP) is 3.50. The lowest BCUT2D eigenvalue weighted by Gasteiger charge is -2.07. The van der Waals surface area contributed by atoms with Crippen LogP contribution in [0.2, 0.25) is 0 Å². The van der Waals surface area contributed by atoms with Gasteiger partial charge < -0.3 is 9.26 Å². The Bertz CT molecular complexity index is 633. The molecule has 22 heavy (non-hydrogen) atoms. The van der Waals surface area contributed by atoms with Gasteiger partial charge in [-0.25, -0.2) is 4.39 Å². The topological polar surface area (TPSA) is 65.2 Å². The summed E-state index contributed by atoms with van der Waals surface area (Å²) in [4.78, 5) is 15.9. The summed E-state index contributed by atoms with van der Waals surface area (Å²) in [6, 6.07) is 5.75. The van der Waals surface area contributed by atoms with Gasteiger partial charge in [0.1, 0.15) is 5.82 Å². The van der Waals surface area contributed by atoms with Crippen molar-refractivity contribution >= 4 is 5.97 Å². The number of rotatable bonds is 5. The lowest BCUT2D eigenvalue weighted by molar-refractivity contribution is -0.146. The van der Waals surface area contributed by atoms with Crippen molar-refractivity contribution < 1.29 is 18.4 Å². The second-order valence-corrected chi connectivity index (χ2v) is 5.54. The van der Waals surface area contributed by atoms with Crippen LogP contribution in [-0.4, -0.2) is 16.1 Å². The van der Waals surface area contributed by atoms with Gasteiger partial charge in [-0.15, -0.1) is 0 Å². The van der Waals surface area contributed by atoms with Crippen molar-refractivity contribution in [2.45, 2.75) is 38.7 Å². The summed E-state index contributed by atoms with van der Waals surface area (Å²) in [5.41, 5.74) is 0.623. The number of carbonyl (C=O) groups excluding carboxylic acids is 1. The summed E-state index contributed by atoms with van der Waals surface area (Å²) in [7, 11) is 0. The normalized spacial score (nSPS) is 15.1. The summed E-state index contributed by atoms with van der Waals surface area (Å²) in [6.45, 7) is -0.00372. The largest absolute Gasteiger partial charge is 0.457 e. The van der Waals surface area contributed by atoms with Crippen molar-refractivity contribution in [2.75, 3.05) is 0 Å². The molecule has 0 amide bonds. The molecule has 3 rings (SSSR count). The molecule has 1 saturated carbocycles. The fourth-order valence-corrected chi connectivity index (χ4v) is 2.68. The van der Waals surface area contributed by atoms with Crippen LogP contribution in [0.5, 0.6) is 0 Å². The number of halogens is 1. The highest BCUT2D eigenvalue weighted by Crippen LogP contribution is 2.27. The van der Waals surface area contributed by atoms with Gasteiger partial charge in [0.2, 0.25) is 5.82 Å². The van der Waals surface area contributed by atoms with Gasteiger partial charge in [-0.3, -0.25) is 4.79 Å². The molecule has 1 aliphatic carbocycles. The molecule has 116 valence electrons. The van der Waals surface area contributed by atoms with E-state index < -0.39 is 0 Å². The molecule has 0 atom stereocenters. The molecule has 5 nitrogen and oxygen atoms in total. The minimum atomic E-state index is -0.329. The van der Waals surface area contributed by atoms with E-state index in [1.807, 2.05) is 0 Å². The summed E-state index contributed by atoms with van der Waals surface area (Å²) >= 11 is 0. The Morgan fingerprint density at radius 1 is 1.27 bits per heavy atom. The van der Waals surface area contributed by atoms with Crippen molar-refractivity contribution in [3.8, 4) is 11.5 Å². The Morgan fingerprint density at radius 3 is 2.73 bits per heavy atom. The van der Waals surface area contributed by atoms with Crippen molar-refractivity contribution in [3.05, 3.63) is 35.9 Å². The average Bonchev–Trinajstić information content (AvgIpc) is 3.17. The summed E-state index contributed by atoms with van der Waals surface area (Å²) in [5.74, 6) is 0.484. The number of nitrogens with zero attached hydrogens (tertiary/aromatic N) is 2. The first-order chi connectivity index (χ1) is 10.7. The molecule has 0 unspecified atom stereocenters. The fourth-order valence-electron chi connectivity index (χ4n) is 2.68. The number of benzene rings is 1. The fraction of sp³-hybridized carbons (Fsp3) is 0.438. The van der Waals surface area contributed by atoms with E-state index in [4.69, 9.17) is 9.26 Å². The van der Waals surface area contributed by atoms with Gasteiger partial charge in [0.25, 0.3) is 5.89 Å². The monoisotopic (exact) mass is 304 g/mol. The molecule has 0 bridgehead atoms. The SMILES string of the molecule is O=C(CC1CCCC1)OCc1noc(-c2ccc(F)cc2)n1. The van der Waals surface area contributed by atoms with Crippen LogP contribution >= 0.6 is 0 Å². The van der Waals surface area contributed by atoms with E-state index in [1.54, 1.807) is 12.1 Å². The lowest BCUT2D eigenvalue weighted by atomic mass is 10.1. The van der Waals surface area contributed by atoms with Gasteiger partial charge in [-0.05, 0) is 43.0 Å². The standard InChI is InChI=1S/C16H17FN2O3/c17-13-7-5-12(6-8-13)16-18-14(19-22-16)10-21-15(20)9-11-3-1-2-4-11/h5-8,11H,1-4,9-10H2. The van der Waals surface area contributed by atoms with E-state index in [-0.39, 0.29) is 24.3 Å². The van der Waals surface area contributed by atoms with Gasteiger partial charge in [0.15, 0.2) is 6.61 Å². The van der Waals surface area contributed by atoms with Crippen LogP contribution in [0, 0.1) is 11.7 Å². The molecular formula is C16H17FN2O3. The zero-order valence-electron chi connectivity index (χ0n) is 12.1. The van der Waals surface area contributed by atoms with Crippen molar-refractivity contribution in [3.63, 3.8) is 0 Å². The highest BCUT2D eigenvalue weighted by atomic mass is 19.1. The highest BCUT2D eigenvalue weighted by molar-refractivity contribution is 5.69. The molecule has 6 heteroatoms. The van der Waals surface area contributed by atoms with Gasteiger partial charge >= 0.3 is 5.97 Å². The molecule has 1 fully saturated rings. The number of aromatic nitrogens is 2. The molecule has 2 aromatic rings.